The molecule has 0 saturated carbocycles. The van der Waals surface area contributed by atoms with Crippen LogP contribution >= 0.6 is 0 Å². The van der Waals surface area contributed by atoms with Crippen molar-refractivity contribution < 1.29 is 5.11 Å². The second kappa shape index (κ2) is 9.75. The van der Waals surface area contributed by atoms with Crippen molar-refractivity contribution in [2.45, 2.75) is 26.3 Å². The zero-order valence-electron chi connectivity index (χ0n) is 16.2. The summed E-state index contributed by atoms with van der Waals surface area (Å²) in [4.78, 5) is 17.7. The van der Waals surface area contributed by atoms with E-state index in [0.717, 1.165) is 23.4 Å². The molecule has 3 aromatic rings. The quantitative estimate of drug-likeness (QED) is 0.527. The first kappa shape index (κ1) is 19.7. The Labute approximate surface area is 165 Å². The van der Waals surface area contributed by atoms with Crippen LogP contribution in [0.4, 0.5) is 11.8 Å². The molecule has 0 amide bonds. The fourth-order valence-corrected chi connectivity index (χ4v) is 2.72. The molecule has 3 N–H and O–H groups in total. The molecule has 0 radical (unpaired) electrons. The van der Waals surface area contributed by atoms with Crippen LogP contribution in [0.1, 0.15) is 19.5 Å². The summed E-state index contributed by atoms with van der Waals surface area (Å²) in [6.07, 6.45) is 6.09. The zero-order valence-corrected chi connectivity index (χ0v) is 16.2. The van der Waals surface area contributed by atoms with Gasteiger partial charge in [-0.3, -0.25) is 9.97 Å². The Kier molecular flexibility index (Phi) is 6.86. The lowest BCUT2D eigenvalue weighted by Crippen LogP contribution is -2.30. The van der Waals surface area contributed by atoms with Gasteiger partial charge in [0.2, 0.25) is 5.95 Å². The minimum atomic E-state index is -0.120. The molecule has 0 aliphatic heterocycles. The van der Waals surface area contributed by atoms with Crippen LogP contribution < -0.4 is 10.6 Å². The van der Waals surface area contributed by atoms with Gasteiger partial charge >= 0.3 is 0 Å². The molecule has 1 atom stereocenters. The Morgan fingerprint density at radius 2 is 1.96 bits per heavy atom. The number of hydrogen-bond donors (Lipinski definition) is 3. The van der Waals surface area contributed by atoms with Gasteiger partial charge in [0.05, 0.1) is 18.3 Å². The van der Waals surface area contributed by atoms with Gasteiger partial charge in [-0.1, -0.05) is 19.9 Å². The van der Waals surface area contributed by atoms with E-state index in [1.807, 2.05) is 50.2 Å². The van der Waals surface area contributed by atoms with Crippen LogP contribution in [0.5, 0.6) is 0 Å². The number of aromatic nitrogens is 4. The molecule has 28 heavy (non-hydrogen) atoms. The fourth-order valence-electron chi connectivity index (χ4n) is 2.72. The summed E-state index contributed by atoms with van der Waals surface area (Å²) < 4.78 is 0. The third kappa shape index (κ3) is 5.47. The molecule has 0 fully saturated rings. The van der Waals surface area contributed by atoms with E-state index in [-0.39, 0.29) is 18.6 Å². The monoisotopic (exact) mass is 378 g/mol. The molecule has 0 unspecified atom stereocenters. The number of hydrogen-bond acceptors (Lipinski definition) is 7. The van der Waals surface area contributed by atoms with Crippen LogP contribution in [0.3, 0.4) is 0 Å². The van der Waals surface area contributed by atoms with E-state index in [1.54, 1.807) is 18.6 Å². The molecule has 0 saturated heterocycles. The maximum atomic E-state index is 9.63. The largest absolute Gasteiger partial charge is 0.394 e. The summed E-state index contributed by atoms with van der Waals surface area (Å²) in [6.45, 7) is 4.81. The van der Waals surface area contributed by atoms with Crippen molar-refractivity contribution in [3.63, 3.8) is 0 Å². The highest BCUT2D eigenvalue weighted by Gasteiger charge is 2.15. The molecular weight excluding hydrogens is 352 g/mol. The topological polar surface area (TPSA) is 95.8 Å². The summed E-state index contributed by atoms with van der Waals surface area (Å²) in [5.74, 6) is 1.44. The lowest BCUT2D eigenvalue weighted by molar-refractivity contribution is 0.248. The Balaban J connectivity index is 1.80. The Morgan fingerprint density at radius 1 is 1.07 bits per heavy atom. The first-order valence-corrected chi connectivity index (χ1v) is 9.46. The van der Waals surface area contributed by atoms with E-state index in [1.165, 1.54) is 0 Å². The molecule has 3 rings (SSSR count). The van der Waals surface area contributed by atoms with Gasteiger partial charge in [-0.15, -0.1) is 0 Å². The van der Waals surface area contributed by atoms with Crippen molar-refractivity contribution in [2.24, 2.45) is 5.92 Å². The van der Waals surface area contributed by atoms with Crippen LogP contribution in [-0.2, 0) is 6.42 Å². The number of anilines is 2. The summed E-state index contributed by atoms with van der Waals surface area (Å²) in [7, 11) is 0. The van der Waals surface area contributed by atoms with Gasteiger partial charge in [-0.2, -0.15) is 4.98 Å². The van der Waals surface area contributed by atoms with Crippen molar-refractivity contribution in [3.05, 3.63) is 60.7 Å². The van der Waals surface area contributed by atoms with Gasteiger partial charge in [-0.05, 0) is 30.2 Å². The van der Waals surface area contributed by atoms with Crippen molar-refractivity contribution in [3.8, 4) is 11.3 Å². The van der Waals surface area contributed by atoms with Crippen molar-refractivity contribution in [1.82, 2.24) is 19.9 Å². The lowest BCUT2D eigenvalue weighted by atomic mass is 10.1. The van der Waals surface area contributed by atoms with Crippen LogP contribution in [-0.4, -0.2) is 44.2 Å². The second-order valence-electron chi connectivity index (χ2n) is 6.88. The number of aliphatic hydroxyl groups excluding tert-OH is 1. The summed E-state index contributed by atoms with van der Waals surface area (Å²) in [5, 5.41) is 16.2. The minimum absolute atomic E-state index is 0.0145. The van der Waals surface area contributed by atoms with Crippen molar-refractivity contribution in [2.75, 3.05) is 23.8 Å². The molecule has 7 heteroatoms. The highest BCUT2D eigenvalue weighted by molar-refractivity contribution is 5.63. The van der Waals surface area contributed by atoms with Gasteiger partial charge in [0.25, 0.3) is 0 Å². The van der Waals surface area contributed by atoms with Gasteiger partial charge in [-0.25, -0.2) is 4.98 Å². The average Bonchev–Trinajstić information content (AvgIpc) is 2.73. The molecule has 0 aromatic carbocycles. The number of pyridine rings is 2. The van der Waals surface area contributed by atoms with E-state index >= 15 is 0 Å². The Morgan fingerprint density at radius 3 is 2.64 bits per heavy atom. The van der Waals surface area contributed by atoms with E-state index in [2.05, 4.69) is 30.6 Å². The maximum Gasteiger partial charge on any atom is 0.225 e. The van der Waals surface area contributed by atoms with Crippen LogP contribution in [0.2, 0.25) is 0 Å². The third-order valence-corrected chi connectivity index (χ3v) is 4.41. The SMILES string of the molecule is CC(C)[C@@H](CO)Nc1nc(NCCc2ccccn2)cc(-c2cccnc2)n1. The molecule has 3 aromatic heterocycles. The lowest BCUT2D eigenvalue weighted by Gasteiger charge is -2.20. The standard InChI is InChI=1S/C21H26N6O/c1-15(2)19(14-28)26-21-25-18(16-6-5-9-22-13-16)12-20(27-21)24-11-8-17-7-3-4-10-23-17/h3-7,9-10,12-13,15,19,28H,8,11,14H2,1-2H3,(H2,24,25,26,27)/t19-/m1/s1. The van der Waals surface area contributed by atoms with Gasteiger partial charge in [0, 0.05) is 48.9 Å². The van der Waals surface area contributed by atoms with Gasteiger partial charge < -0.3 is 15.7 Å². The fraction of sp³-hybridized carbons (Fsp3) is 0.333. The number of aliphatic hydroxyl groups is 1. The average molecular weight is 378 g/mol. The van der Waals surface area contributed by atoms with Gasteiger partial charge in [0.15, 0.2) is 0 Å². The second-order valence-corrected chi connectivity index (χ2v) is 6.88. The predicted octanol–water partition coefficient (Wildman–Crippen LogP) is 3.02. The van der Waals surface area contributed by atoms with E-state index in [0.29, 0.717) is 18.3 Å². The zero-order chi connectivity index (χ0) is 19.8. The van der Waals surface area contributed by atoms with Crippen molar-refractivity contribution >= 4 is 11.8 Å². The molecule has 146 valence electrons. The van der Waals surface area contributed by atoms with E-state index in [4.69, 9.17) is 0 Å². The van der Waals surface area contributed by atoms with Crippen LogP contribution in [0.15, 0.2) is 55.0 Å². The predicted molar refractivity (Wildman–Crippen MR) is 111 cm³/mol. The summed E-state index contributed by atoms with van der Waals surface area (Å²) in [6, 6.07) is 11.5. The number of rotatable bonds is 9. The highest BCUT2D eigenvalue weighted by atomic mass is 16.3. The van der Waals surface area contributed by atoms with Crippen molar-refractivity contribution in [1.29, 1.82) is 0 Å². The van der Waals surface area contributed by atoms with E-state index < -0.39 is 0 Å². The third-order valence-electron chi connectivity index (χ3n) is 4.41. The maximum absolute atomic E-state index is 9.63. The van der Waals surface area contributed by atoms with Crippen LogP contribution in [0.25, 0.3) is 11.3 Å². The summed E-state index contributed by atoms with van der Waals surface area (Å²) in [5.41, 5.74) is 2.70. The smallest absolute Gasteiger partial charge is 0.225 e. The molecule has 0 bridgehead atoms. The molecule has 7 nitrogen and oxygen atoms in total. The van der Waals surface area contributed by atoms with Crippen LogP contribution in [0, 0.1) is 5.92 Å². The molecule has 0 aliphatic rings. The number of nitrogens with zero attached hydrogens (tertiary/aromatic N) is 4. The molecule has 0 spiro atoms. The summed E-state index contributed by atoms with van der Waals surface area (Å²) >= 11 is 0. The molecular formula is C21H26N6O. The minimum Gasteiger partial charge on any atom is -0.394 e. The first-order chi connectivity index (χ1) is 13.7. The molecule has 0 aliphatic carbocycles. The first-order valence-electron chi connectivity index (χ1n) is 9.46. The Bertz CT molecular complexity index is 857. The molecule has 3 heterocycles. The Hall–Kier alpha value is -3.06. The van der Waals surface area contributed by atoms with E-state index in [9.17, 15) is 5.11 Å². The number of nitrogens with one attached hydrogen (secondary N) is 2. The van der Waals surface area contributed by atoms with Gasteiger partial charge in [0.1, 0.15) is 5.82 Å². The normalized spacial score (nSPS) is 12.0. The highest BCUT2D eigenvalue weighted by Crippen LogP contribution is 2.21.